The molecule has 20 heavy (non-hydrogen) atoms. The Morgan fingerprint density at radius 1 is 1.50 bits per heavy atom. The fourth-order valence-corrected chi connectivity index (χ4v) is 2.46. The summed E-state index contributed by atoms with van der Waals surface area (Å²) in [5, 5.41) is 10.4. The molecule has 1 amide bonds. The third-order valence-electron chi connectivity index (χ3n) is 2.58. The van der Waals surface area contributed by atoms with Crippen LogP contribution >= 0.6 is 11.3 Å². The van der Waals surface area contributed by atoms with Gasteiger partial charge in [0.2, 0.25) is 5.91 Å². The second-order valence-electron chi connectivity index (χ2n) is 4.21. The molecule has 0 aliphatic heterocycles. The lowest BCUT2D eigenvalue weighted by Gasteiger charge is -2.16. The molecule has 0 aliphatic carbocycles. The number of nitrogens with zero attached hydrogens (tertiary/aromatic N) is 1. The van der Waals surface area contributed by atoms with Gasteiger partial charge >= 0.3 is 5.97 Å². The largest absolute Gasteiger partial charge is 0.478 e. The third-order valence-corrected chi connectivity index (χ3v) is 3.52. The molecule has 0 saturated carbocycles. The molecule has 0 unspecified atom stereocenters. The number of thiophene rings is 1. The zero-order chi connectivity index (χ0) is 15.0. The Labute approximate surface area is 122 Å². The smallest absolute Gasteiger partial charge is 0.328 e. The molecule has 1 heterocycles. The lowest BCUT2D eigenvalue weighted by Crippen LogP contribution is -2.26. The fraction of sp³-hybridized carbons (Fsp3) is 0.429. The summed E-state index contributed by atoms with van der Waals surface area (Å²) in [6, 6.07) is 1.89. The van der Waals surface area contributed by atoms with E-state index in [0.29, 0.717) is 26.2 Å². The molecule has 0 saturated heterocycles. The number of carbonyl (C=O) groups excluding carboxylic acids is 1. The van der Waals surface area contributed by atoms with Crippen LogP contribution in [0.2, 0.25) is 0 Å². The fourth-order valence-electron chi connectivity index (χ4n) is 1.55. The summed E-state index contributed by atoms with van der Waals surface area (Å²) in [6.45, 7) is 3.47. The first-order chi connectivity index (χ1) is 9.52. The number of carbonyl (C=O) groups is 2. The van der Waals surface area contributed by atoms with E-state index in [2.05, 4.69) is 0 Å². The van der Waals surface area contributed by atoms with Crippen LogP contribution in [0.1, 0.15) is 23.8 Å². The zero-order valence-electron chi connectivity index (χ0n) is 11.7. The van der Waals surface area contributed by atoms with Crippen LogP contribution < -0.4 is 0 Å². The van der Waals surface area contributed by atoms with E-state index < -0.39 is 5.97 Å². The van der Waals surface area contributed by atoms with Crippen LogP contribution in [0.15, 0.2) is 17.5 Å². The van der Waals surface area contributed by atoms with E-state index in [4.69, 9.17) is 9.84 Å². The first-order valence-corrected chi connectivity index (χ1v) is 7.21. The van der Waals surface area contributed by atoms with Crippen molar-refractivity contribution in [2.45, 2.75) is 19.9 Å². The van der Waals surface area contributed by atoms with Crippen molar-refractivity contribution in [3.8, 4) is 0 Å². The summed E-state index contributed by atoms with van der Waals surface area (Å²) >= 11 is 1.51. The number of aliphatic carboxylic acids is 1. The molecule has 0 aromatic carbocycles. The number of carboxylic acid groups (broad SMARTS) is 1. The van der Waals surface area contributed by atoms with Crippen molar-refractivity contribution in [2.75, 3.05) is 20.3 Å². The van der Waals surface area contributed by atoms with Gasteiger partial charge in [0.15, 0.2) is 0 Å². The Morgan fingerprint density at radius 3 is 2.90 bits per heavy atom. The second kappa shape index (κ2) is 8.50. The molecule has 0 bridgehead atoms. The van der Waals surface area contributed by atoms with E-state index in [0.717, 1.165) is 16.5 Å². The van der Waals surface area contributed by atoms with Crippen LogP contribution in [0.5, 0.6) is 0 Å². The van der Waals surface area contributed by atoms with Crippen LogP contribution in [0.4, 0.5) is 0 Å². The van der Waals surface area contributed by atoms with Gasteiger partial charge in [-0.1, -0.05) is 0 Å². The standard InChI is InChI=1S/C14H19NO4S/c1-3-19-7-6-13(16)15(2)9-12-8-11(10-20-12)4-5-14(17)18/h4-5,8,10H,3,6-7,9H2,1-2H3,(H,17,18). The molecule has 0 aliphatic rings. The minimum absolute atomic E-state index is 0.0366. The normalized spacial score (nSPS) is 10.9. The molecule has 0 radical (unpaired) electrons. The summed E-state index contributed by atoms with van der Waals surface area (Å²) < 4.78 is 5.15. The molecular formula is C14H19NO4S. The summed E-state index contributed by atoms with van der Waals surface area (Å²) in [6.07, 6.45) is 3.02. The predicted octanol–water partition coefficient (Wildman–Crippen LogP) is 2.23. The van der Waals surface area contributed by atoms with Gasteiger partial charge in [-0.05, 0) is 30.0 Å². The highest BCUT2D eigenvalue weighted by Crippen LogP contribution is 2.17. The zero-order valence-corrected chi connectivity index (χ0v) is 12.5. The Morgan fingerprint density at radius 2 is 2.25 bits per heavy atom. The van der Waals surface area contributed by atoms with Crippen LogP contribution in [0.25, 0.3) is 6.08 Å². The van der Waals surface area contributed by atoms with E-state index in [9.17, 15) is 9.59 Å². The van der Waals surface area contributed by atoms with Crippen molar-refractivity contribution in [3.63, 3.8) is 0 Å². The SMILES string of the molecule is CCOCCC(=O)N(C)Cc1cc(C=CC(=O)O)cs1. The minimum Gasteiger partial charge on any atom is -0.478 e. The van der Waals surface area contributed by atoms with Gasteiger partial charge in [0.1, 0.15) is 0 Å². The van der Waals surface area contributed by atoms with Crippen molar-refractivity contribution in [3.05, 3.63) is 28.0 Å². The summed E-state index contributed by atoms with van der Waals surface area (Å²) in [5.74, 6) is -0.935. The Hall–Kier alpha value is -1.66. The van der Waals surface area contributed by atoms with Crippen LogP contribution in [-0.4, -0.2) is 42.1 Å². The summed E-state index contributed by atoms with van der Waals surface area (Å²) in [7, 11) is 1.75. The van der Waals surface area contributed by atoms with Gasteiger partial charge in [0.25, 0.3) is 0 Å². The Kier molecular flexibility index (Phi) is 6.97. The topological polar surface area (TPSA) is 66.8 Å². The average Bonchev–Trinajstić information content (AvgIpc) is 2.84. The van der Waals surface area contributed by atoms with Crippen molar-refractivity contribution in [1.82, 2.24) is 4.90 Å². The highest BCUT2D eigenvalue weighted by atomic mass is 32.1. The van der Waals surface area contributed by atoms with Crippen LogP contribution in [-0.2, 0) is 20.9 Å². The van der Waals surface area contributed by atoms with Gasteiger partial charge in [-0.3, -0.25) is 4.79 Å². The maximum atomic E-state index is 11.8. The first-order valence-electron chi connectivity index (χ1n) is 6.33. The lowest BCUT2D eigenvalue weighted by molar-refractivity contribution is -0.132. The van der Waals surface area contributed by atoms with Crippen molar-refractivity contribution in [2.24, 2.45) is 0 Å². The van der Waals surface area contributed by atoms with Crippen molar-refractivity contribution < 1.29 is 19.4 Å². The van der Waals surface area contributed by atoms with Gasteiger partial charge in [0, 0.05) is 24.6 Å². The van der Waals surface area contributed by atoms with Crippen LogP contribution in [0.3, 0.4) is 0 Å². The quantitative estimate of drug-likeness (QED) is 0.590. The molecule has 5 nitrogen and oxygen atoms in total. The van der Waals surface area contributed by atoms with E-state index in [1.165, 1.54) is 11.3 Å². The van der Waals surface area contributed by atoms with Gasteiger partial charge in [0.05, 0.1) is 19.6 Å². The molecule has 0 atom stereocenters. The number of hydrogen-bond donors (Lipinski definition) is 1. The number of hydrogen-bond acceptors (Lipinski definition) is 4. The number of rotatable bonds is 8. The highest BCUT2D eigenvalue weighted by molar-refractivity contribution is 7.10. The van der Waals surface area contributed by atoms with E-state index in [-0.39, 0.29) is 5.91 Å². The summed E-state index contributed by atoms with van der Waals surface area (Å²) in [5.41, 5.74) is 0.836. The van der Waals surface area contributed by atoms with Crippen molar-refractivity contribution >= 4 is 29.3 Å². The van der Waals surface area contributed by atoms with E-state index in [1.807, 2.05) is 18.4 Å². The molecule has 1 N–H and O–H groups in total. The molecule has 110 valence electrons. The maximum Gasteiger partial charge on any atom is 0.328 e. The molecule has 1 rings (SSSR count). The van der Waals surface area contributed by atoms with Gasteiger partial charge in [-0.2, -0.15) is 0 Å². The second-order valence-corrected chi connectivity index (χ2v) is 5.21. The monoisotopic (exact) mass is 297 g/mol. The van der Waals surface area contributed by atoms with Gasteiger partial charge in [-0.15, -0.1) is 11.3 Å². The minimum atomic E-state index is -0.971. The lowest BCUT2D eigenvalue weighted by atomic mass is 10.2. The molecule has 0 fully saturated rings. The first kappa shape index (κ1) is 16.4. The van der Waals surface area contributed by atoms with Crippen molar-refractivity contribution in [1.29, 1.82) is 0 Å². The third kappa shape index (κ3) is 5.99. The Bertz CT molecular complexity index is 481. The van der Waals surface area contributed by atoms with E-state index in [1.54, 1.807) is 18.0 Å². The number of carboxylic acids is 1. The molecular weight excluding hydrogens is 278 g/mol. The van der Waals surface area contributed by atoms with Gasteiger partial charge in [-0.25, -0.2) is 4.79 Å². The molecule has 0 spiro atoms. The predicted molar refractivity (Wildman–Crippen MR) is 78.6 cm³/mol. The van der Waals surface area contributed by atoms with Crippen LogP contribution in [0, 0.1) is 0 Å². The average molecular weight is 297 g/mol. The maximum absolute atomic E-state index is 11.8. The van der Waals surface area contributed by atoms with E-state index >= 15 is 0 Å². The Balaban J connectivity index is 2.47. The number of amides is 1. The van der Waals surface area contributed by atoms with Gasteiger partial charge < -0.3 is 14.7 Å². The molecule has 1 aromatic heterocycles. The number of ether oxygens (including phenoxy) is 1. The molecule has 1 aromatic rings. The highest BCUT2D eigenvalue weighted by Gasteiger charge is 2.10. The summed E-state index contributed by atoms with van der Waals surface area (Å²) in [4.78, 5) is 24.9. The molecule has 6 heteroatoms.